The van der Waals surface area contributed by atoms with Gasteiger partial charge in [-0.05, 0) is 135 Å². The van der Waals surface area contributed by atoms with Gasteiger partial charge in [-0.15, -0.1) is 0 Å². The third-order valence-corrected chi connectivity index (χ3v) is 15.2. The number of carbonyl (C=O) groups is 2. The molecule has 0 rings (SSSR count). The average molecular weight is 1240 g/mol. The van der Waals surface area contributed by atoms with Crippen LogP contribution >= 0.6 is 7.82 Å². The maximum atomic E-state index is 12.9. The van der Waals surface area contributed by atoms with Crippen LogP contribution in [-0.2, 0) is 32.7 Å². The standard InChI is InChI=1S/C78H128NO8P/c1-6-8-10-12-14-16-18-20-22-24-26-28-30-31-32-33-34-35-36-37-38-39-40-41-42-43-44-45-46-47-49-51-53-55-57-59-61-63-65-67-69-71-78(81)87-76(75-86-88(82,83)85-73-72-79(3,4)5)74-84-77(80)70-68-66-64-62-60-58-56-54-52-50-48-29-27-25-23-21-19-17-15-13-11-9-7-2/h8,10,14,16,19-22,25-28,31-32,34-35,37-38,40-41,43-44,46-47,51,53,57,59,76H,6-7,9,11-13,15,17-18,23-24,29-30,33,36,39,42,45,48-50,52,54-56,58,60-75H2,1-5H3/p+1/b10-8-,16-14-,21-19-,22-20-,27-25-,28-26-,32-31-,35-34-,38-37-,41-40-,44-43-,47-46-,53-51-,59-57-. The number of phosphoric ester groups is 1. The molecule has 0 aromatic heterocycles. The highest BCUT2D eigenvalue weighted by Crippen LogP contribution is 2.43. The van der Waals surface area contributed by atoms with E-state index in [4.69, 9.17) is 18.5 Å². The fraction of sp³-hybridized carbons (Fsp3) is 0.615. The van der Waals surface area contributed by atoms with E-state index < -0.39 is 26.5 Å². The molecule has 0 saturated carbocycles. The number of carbonyl (C=O) groups excluding carboxylic acids is 2. The minimum absolute atomic E-state index is 0.0175. The van der Waals surface area contributed by atoms with E-state index in [1.807, 2.05) is 21.1 Å². The molecule has 2 atom stereocenters. The highest BCUT2D eigenvalue weighted by atomic mass is 31.2. The molecule has 0 fully saturated rings. The van der Waals surface area contributed by atoms with Crippen LogP contribution in [0.15, 0.2) is 170 Å². The number of hydrogen-bond acceptors (Lipinski definition) is 7. The van der Waals surface area contributed by atoms with Crippen molar-refractivity contribution in [2.24, 2.45) is 0 Å². The van der Waals surface area contributed by atoms with E-state index in [-0.39, 0.29) is 32.0 Å². The fourth-order valence-electron chi connectivity index (χ4n) is 8.91. The van der Waals surface area contributed by atoms with Gasteiger partial charge in [-0.2, -0.15) is 0 Å². The summed E-state index contributed by atoms with van der Waals surface area (Å²) in [5, 5.41) is 0. The Morgan fingerprint density at radius 3 is 0.966 bits per heavy atom. The summed E-state index contributed by atoms with van der Waals surface area (Å²) in [6, 6.07) is 0. The van der Waals surface area contributed by atoms with Crippen LogP contribution in [0.1, 0.15) is 258 Å². The van der Waals surface area contributed by atoms with Crippen molar-refractivity contribution < 1.29 is 42.1 Å². The van der Waals surface area contributed by atoms with E-state index in [1.54, 1.807) is 0 Å². The zero-order valence-electron chi connectivity index (χ0n) is 56.6. The monoisotopic (exact) mass is 1240 g/mol. The van der Waals surface area contributed by atoms with Gasteiger partial charge in [0.1, 0.15) is 19.8 Å². The van der Waals surface area contributed by atoms with E-state index in [1.165, 1.54) is 96.3 Å². The van der Waals surface area contributed by atoms with Crippen molar-refractivity contribution in [1.82, 2.24) is 0 Å². The first-order valence-electron chi connectivity index (χ1n) is 34.9. The smallest absolute Gasteiger partial charge is 0.462 e. The lowest BCUT2D eigenvalue weighted by Crippen LogP contribution is -2.37. The van der Waals surface area contributed by atoms with E-state index in [0.717, 1.165) is 128 Å². The molecule has 0 radical (unpaired) electrons. The van der Waals surface area contributed by atoms with Crippen molar-refractivity contribution in [3.63, 3.8) is 0 Å². The van der Waals surface area contributed by atoms with Gasteiger partial charge in [0.15, 0.2) is 6.10 Å². The Labute approximate surface area is 540 Å². The molecule has 0 heterocycles. The van der Waals surface area contributed by atoms with Gasteiger partial charge in [-0.25, -0.2) is 4.57 Å². The summed E-state index contributed by atoms with van der Waals surface area (Å²) < 4.78 is 34.6. The minimum Gasteiger partial charge on any atom is -0.462 e. The van der Waals surface area contributed by atoms with Gasteiger partial charge in [-0.1, -0.05) is 280 Å². The molecule has 0 saturated heterocycles. The van der Waals surface area contributed by atoms with E-state index in [9.17, 15) is 19.0 Å². The van der Waals surface area contributed by atoms with Crippen LogP contribution in [0.4, 0.5) is 0 Å². The number of likely N-dealkylation sites (N-methyl/N-ethyl adjacent to an activating group) is 1. The molecule has 0 aliphatic heterocycles. The van der Waals surface area contributed by atoms with Crippen molar-refractivity contribution >= 4 is 19.8 Å². The van der Waals surface area contributed by atoms with E-state index in [2.05, 4.69) is 184 Å². The minimum atomic E-state index is -4.41. The molecule has 0 aliphatic carbocycles. The first-order chi connectivity index (χ1) is 43.0. The first-order valence-corrected chi connectivity index (χ1v) is 36.4. The largest absolute Gasteiger partial charge is 0.472 e. The zero-order chi connectivity index (χ0) is 64.1. The maximum absolute atomic E-state index is 12.9. The molecule has 9 nitrogen and oxygen atoms in total. The second-order valence-electron chi connectivity index (χ2n) is 23.8. The Morgan fingerprint density at radius 2 is 0.648 bits per heavy atom. The number of phosphoric acid groups is 1. The maximum Gasteiger partial charge on any atom is 0.472 e. The van der Waals surface area contributed by atoms with E-state index in [0.29, 0.717) is 17.4 Å². The highest BCUT2D eigenvalue weighted by Gasteiger charge is 2.27. The average Bonchev–Trinajstić information content (AvgIpc) is 3.58. The Hall–Kier alpha value is -4.63. The molecule has 0 amide bonds. The summed E-state index contributed by atoms with van der Waals surface area (Å²) in [6.07, 6.45) is 102. The van der Waals surface area contributed by atoms with Crippen molar-refractivity contribution in [3.8, 4) is 0 Å². The van der Waals surface area contributed by atoms with Crippen molar-refractivity contribution in [2.75, 3.05) is 47.5 Å². The number of quaternary nitrogens is 1. The second kappa shape index (κ2) is 66.8. The predicted molar refractivity (Wildman–Crippen MR) is 380 cm³/mol. The third kappa shape index (κ3) is 70.5. The third-order valence-electron chi connectivity index (χ3n) is 14.2. The Balaban J connectivity index is 4.19. The lowest BCUT2D eigenvalue weighted by Gasteiger charge is -2.24. The van der Waals surface area contributed by atoms with Gasteiger partial charge < -0.3 is 18.9 Å². The predicted octanol–water partition coefficient (Wildman–Crippen LogP) is 22.9. The van der Waals surface area contributed by atoms with Crippen molar-refractivity contribution in [3.05, 3.63) is 170 Å². The summed E-state index contributed by atoms with van der Waals surface area (Å²) in [5.41, 5.74) is 0. The van der Waals surface area contributed by atoms with Crippen LogP contribution in [-0.4, -0.2) is 74.9 Å². The summed E-state index contributed by atoms with van der Waals surface area (Å²) >= 11 is 0. The number of hydrogen-bond donors (Lipinski definition) is 1. The molecule has 0 bridgehead atoms. The molecule has 2 unspecified atom stereocenters. The summed E-state index contributed by atoms with van der Waals surface area (Å²) in [6.45, 7) is 4.27. The van der Waals surface area contributed by atoms with Crippen LogP contribution in [0.25, 0.3) is 0 Å². The molecule has 498 valence electrons. The summed E-state index contributed by atoms with van der Waals surface area (Å²) in [5.74, 6) is -0.837. The topological polar surface area (TPSA) is 108 Å². The number of rotatable bonds is 62. The Morgan fingerprint density at radius 1 is 0.364 bits per heavy atom. The van der Waals surface area contributed by atoms with Crippen molar-refractivity contribution in [1.29, 1.82) is 0 Å². The molecule has 88 heavy (non-hydrogen) atoms. The fourth-order valence-corrected chi connectivity index (χ4v) is 9.65. The van der Waals surface area contributed by atoms with E-state index >= 15 is 0 Å². The van der Waals surface area contributed by atoms with Crippen LogP contribution < -0.4 is 0 Å². The summed E-state index contributed by atoms with van der Waals surface area (Å²) in [4.78, 5) is 35.8. The number of unbranched alkanes of at least 4 members (excludes halogenated alkanes) is 20. The molecule has 10 heteroatoms. The number of ether oxygens (including phenoxy) is 2. The van der Waals surface area contributed by atoms with Gasteiger partial charge in [0, 0.05) is 12.8 Å². The number of nitrogens with zero attached hydrogens (tertiary/aromatic N) is 1. The van der Waals surface area contributed by atoms with Crippen LogP contribution in [0.2, 0.25) is 0 Å². The molecule has 0 aromatic carbocycles. The lowest BCUT2D eigenvalue weighted by molar-refractivity contribution is -0.870. The normalized spacial score (nSPS) is 14.2. The van der Waals surface area contributed by atoms with Gasteiger partial charge >= 0.3 is 19.8 Å². The molecular formula is C78H129NO8P+. The van der Waals surface area contributed by atoms with Crippen LogP contribution in [0.3, 0.4) is 0 Å². The SMILES string of the molecule is CC/C=C\C/C=C\C/C=C\C/C=C\C/C=C\C/C=C\C/C=C\C/C=C\C/C=C\C/C=C\C/C=C\C/C=C\CCCCCCC(=O)OC(COC(=O)CCCCCCCCCCCCC/C=C\C/C=C\CCCCCCC)COP(=O)(O)OCC[N+](C)(C)C. The van der Waals surface area contributed by atoms with Crippen molar-refractivity contribution in [2.45, 2.75) is 264 Å². The molecule has 0 aromatic rings. The molecular weight excluding hydrogens is 1110 g/mol. The summed E-state index contributed by atoms with van der Waals surface area (Å²) in [7, 11) is 1.44. The first kappa shape index (κ1) is 83.4. The van der Waals surface area contributed by atoms with Gasteiger partial charge in [0.25, 0.3) is 0 Å². The molecule has 0 aliphatic rings. The zero-order valence-corrected chi connectivity index (χ0v) is 57.5. The lowest BCUT2D eigenvalue weighted by atomic mass is 10.0. The highest BCUT2D eigenvalue weighted by molar-refractivity contribution is 7.47. The van der Waals surface area contributed by atoms with Gasteiger partial charge in [-0.3, -0.25) is 18.6 Å². The molecule has 0 spiro atoms. The molecule has 1 N–H and O–H groups in total. The van der Waals surface area contributed by atoms with Gasteiger partial charge in [0.05, 0.1) is 27.7 Å². The van der Waals surface area contributed by atoms with Crippen LogP contribution in [0.5, 0.6) is 0 Å². The Bertz CT molecular complexity index is 2090. The van der Waals surface area contributed by atoms with Crippen LogP contribution in [0, 0.1) is 0 Å². The quantitative estimate of drug-likeness (QED) is 0.0211. The second-order valence-corrected chi connectivity index (χ2v) is 25.3. The number of esters is 2. The van der Waals surface area contributed by atoms with Gasteiger partial charge in [0.2, 0.25) is 0 Å². The number of allylic oxidation sites excluding steroid dienone is 28. The Kier molecular flexibility index (Phi) is 63.3.